The summed E-state index contributed by atoms with van der Waals surface area (Å²) in [7, 11) is 0. The van der Waals surface area contributed by atoms with Gasteiger partial charge >= 0.3 is 6.18 Å². The zero-order valence-corrected chi connectivity index (χ0v) is 14.8. The number of carbonyl (C=O) groups is 1. The van der Waals surface area contributed by atoms with Gasteiger partial charge in [-0.05, 0) is 29.5 Å². The molecule has 0 bridgehead atoms. The summed E-state index contributed by atoms with van der Waals surface area (Å²) < 4.78 is 40.1. The third-order valence-corrected chi connectivity index (χ3v) is 6.28. The minimum atomic E-state index is -4.42. The van der Waals surface area contributed by atoms with Crippen molar-refractivity contribution in [3.8, 4) is 0 Å². The van der Waals surface area contributed by atoms with Crippen molar-refractivity contribution in [2.24, 2.45) is 5.92 Å². The first-order valence-corrected chi connectivity index (χ1v) is 9.65. The van der Waals surface area contributed by atoms with Crippen molar-refractivity contribution in [2.45, 2.75) is 23.9 Å². The predicted molar refractivity (Wildman–Crippen MR) is 95.6 cm³/mol. The number of carbonyl (C=O) groups excluding carboxylic acids is 1. The van der Waals surface area contributed by atoms with Crippen LogP contribution in [0.15, 0.2) is 54.6 Å². The van der Waals surface area contributed by atoms with Crippen molar-refractivity contribution in [3.05, 3.63) is 71.3 Å². The molecule has 1 saturated carbocycles. The Balaban J connectivity index is 1.56. The molecular formula is C20H18F3NOS. The number of thioether (sulfide) groups is 1. The Morgan fingerprint density at radius 1 is 1.04 bits per heavy atom. The fourth-order valence-electron chi connectivity index (χ4n) is 3.67. The van der Waals surface area contributed by atoms with Crippen molar-refractivity contribution in [1.82, 2.24) is 4.90 Å². The number of rotatable bonds is 3. The lowest BCUT2D eigenvalue weighted by Crippen LogP contribution is -2.32. The van der Waals surface area contributed by atoms with Crippen LogP contribution in [0.1, 0.15) is 34.4 Å². The van der Waals surface area contributed by atoms with Crippen LogP contribution in [0.2, 0.25) is 0 Å². The van der Waals surface area contributed by atoms with Gasteiger partial charge in [0.25, 0.3) is 0 Å². The molecule has 0 spiro atoms. The third-order valence-electron chi connectivity index (χ3n) is 5.04. The van der Waals surface area contributed by atoms with Crippen LogP contribution < -0.4 is 0 Å². The Labute approximate surface area is 154 Å². The first-order chi connectivity index (χ1) is 12.5. The van der Waals surface area contributed by atoms with Crippen LogP contribution in [0.4, 0.5) is 13.2 Å². The molecule has 3 atom stereocenters. The molecule has 2 aromatic carbocycles. The summed E-state index contributed by atoms with van der Waals surface area (Å²) >= 11 is 1.41. The molecule has 2 aromatic rings. The summed E-state index contributed by atoms with van der Waals surface area (Å²) in [4.78, 5) is 14.6. The van der Waals surface area contributed by atoms with E-state index in [1.54, 1.807) is 11.0 Å². The smallest absolute Gasteiger partial charge is 0.325 e. The lowest BCUT2D eigenvalue weighted by molar-refractivity contribution is -0.140. The molecule has 1 heterocycles. The highest BCUT2D eigenvalue weighted by Gasteiger charge is 2.48. The van der Waals surface area contributed by atoms with Gasteiger partial charge in [-0.25, -0.2) is 0 Å². The van der Waals surface area contributed by atoms with Crippen molar-refractivity contribution < 1.29 is 18.0 Å². The van der Waals surface area contributed by atoms with E-state index in [4.69, 9.17) is 0 Å². The predicted octanol–water partition coefficient (Wildman–Crippen LogP) is 5.08. The minimum Gasteiger partial charge on any atom is -0.325 e. The van der Waals surface area contributed by atoms with E-state index in [9.17, 15) is 18.0 Å². The van der Waals surface area contributed by atoms with Gasteiger partial charge in [0.05, 0.1) is 5.56 Å². The van der Waals surface area contributed by atoms with Crippen LogP contribution in [-0.4, -0.2) is 23.1 Å². The average Bonchev–Trinajstić information content (AvgIpc) is 3.29. The van der Waals surface area contributed by atoms with E-state index in [0.717, 1.165) is 18.1 Å². The molecule has 0 unspecified atom stereocenters. The van der Waals surface area contributed by atoms with Gasteiger partial charge in [-0.3, -0.25) is 4.79 Å². The maximum atomic E-state index is 13.4. The summed E-state index contributed by atoms with van der Waals surface area (Å²) in [6.45, 7) is 0.498. The fraction of sp³-hybridized carbons (Fsp3) is 0.350. The second-order valence-corrected chi connectivity index (χ2v) is 7.89. The molecule has 0 radical (unpaired) electrons. The second kappa shape index (κ2) is 6.65. The monoisotopic (exact) mass is 377 g/mol. The van der Waals surface area contributed by atoms with Crippen molar-refractivity contribution >= 4 is 17.7 Å². The fourth-order valence-corrected chi connectivity index (χ4v) is 4.97. The van der Waals surface area contributed by atoms with E-state index in [1.165, 1.54) is 23.9 Å². The molecule has 6 heteroatoms. The van der Waals surface area contributed by atoms with Crippen LogP contribution in [-0.2, 0) is 11.0 Å². The van der Waals surface area contributed by atoms with Gasteiger partial charge in [-0.2, -0.15) is 13.2 Å². The van der Waals surface area contributed by atoms with E-state index in [2.05, 4.69) is 0 Å². The van der Waals surface area contributed by atoms with E-state index in [1.807, 2.05) is 30.3 Å². The standard InChI is InChI=1S/C20H18F3NOS/c21-20(22,23)17-9-5-4-8-14(17)19-24(10-11-26-19)18(25)16-12-15(16)13-6-2-1-3-7-13/h1-9,15-16,19H,10-12H2/t15-,16-,19+/m0/s1. The van der Waals surface area contributed by atoms with E-state index in [0.29, 0.717) is 12.3 Å². The van der Waals surface area contributed by atoms with Gasteiger partial charge in [0, 0.05) is 18.2 Å². The maximum Gasteiger partial charge on any atom is 0.416 e. The number of hydrogen-bond acceptors (Lipinski definition) is 2. The van der Waals surface area contributed by atoms with E-state index < -0.39 is 17.1 Å². The van der Waals surface area contributed by atoms with Crippen LogP contribution >= 0.6 is 11.8 Å². The Morgan fingerprint density at radius 3 is 2.46 bits per heavy atom. The Hall–Kier alpha value is -1.95. The Morgan fingerprint density at radius 2 is 1.73 bits per heavy atom. The van der Waals surface area contributed by atoms with Gasteiger partial charge in [0.1, 0.15) is 5.37 Å². The van der Waals surface area contributed by atoms with Crippen LogP contribution in [0.25, 0.3) is 0 Å². The molecular weight excluding hydrogens is 359 g/mol. The minimum absolute atomic E-state index is 0.0224. The van der Waals surface area contributed by atoms with Gasteiger partial charge in [-0.1, -0.05) is 48.5 Å². The topological polar surface area (TPSA) is 20.3 Å². The number of halogens is 3. The van der Waals surface area contributed by atoms with Gasteiger partial charge in [-0.15, -0.1) is 11.8 Å². The molecule has 136 valence electrons. The second-order valence-electron chi connectivity index (χ2n) is 6.70. The maximum absolute atomic E-state index is 13.4. The van der Waals surface area contributed by atoms with Crippen LogP contribution in [0, 0.1) is 5.92 Å². The average molecular weight is 377 g/mol. The normalized spacial score (nSPS) is 25.3. The van der Waals surface area contributed by atoms with Crippen LogP contribution in [0.5, 0.6) is 0 Å². The highest BCUT2D eigenvalue weighted by molar-refractivity contribution is 7.99. The summed E-state index contributed by atoms with van der Waals surface area (Å²) in [5.74, 6) is 0.709. The molecule has 1 saturated heterocycles. The summed E-state index contributed by atoms with van der Waals surface area (Å²) in [6, 6.07) is 15.4. The van der Waals surface area contributed by atoms with E-state index in [-0.39, 0.29) is 23.3 Å². The highest BCUT2D eigenvalue weighted by atomic mass is 32.2. The summed E-state index contributed by atoms with van der Waals surface area (Å²) in [5.41, 5.74) is 0.672. The molecule has 1 amide bonds. The SMILES string of the molecule is O=C([C@H]1C[C@H]1c1ccccc1)N1CCS[C@@H]1c1ccccc1C(F)(F)F. The molecule has 1 aliphatic heterocycles. The zero-order chi connectivity index (χ0) is 18.3. The third kappa shape index (κ3) is 3.22. The lowest BCUT2D eigenvalue weighted by Gasteiger charge is -2.26. The number of amides is 1. The Kier molecular flexibility index (Phi) is 4.47. The van der Waals surface area contributed by atoms with Gasteiger partial charge in [0.15, 0.2) is 0 Å². The van der Waals surface area contributed by atoms with E-state index >= 15 is 0 Å². The molecule has 4 rings (SSSR count). The molecule has 1 aliphatic carbocycles. The largest absolute Gasteiger partial charge is 0.416 e. The molecule has 2 aliphatic rings. The first-order valence-electron chi connectivity index (χ1n) is 8.60. The number of benzene rings is 2. The quantitative estimate of drug-likeness (QED) is 0.743. The highest BCUT2D eigenvalue weighted by Crippen LogP contribution is 2.51. The number of alkyl halides is 3. The summed E-state index contributed by atoms with van der Waals surface area (Å²) in [6.07, 6.45) is -3.64. The zero-order valence-electron chi connectivity index (χ0n) is 13.9. The first kappa shape index (κ1) is 17.5. The summed E-state index contributed by atoms with van der Waals surface area (Å²) in [5, 5.41) is -0.558. The number of nitrogens with zero attached hydrogens (tertiary/aromatic N) is 1. The number of hydrogen-bond donors (Lipinski definition) is 0. The van der Waals surface area contributed by atoms with Crippen molar-refractivity contribution in [1.29, 1.82) is 0 Å². The van der Waals surface area contributed by atoms with Gasteiger partial charge in [0.2, 0.25) is 5.91 Å². The molecule has 2 nitrogen and oxygen atoms in total. The molecule has 0 N–H and O–H groups in total. The van der Waals surface area contributed by atoms with Crippen LogP contribution in [0.3, 0.4) is 0 Å². The lowest BCUT2D eigenvalue weighted by atomic mass is 10.1. The van der Waals surface area contributed by atoms with Gasteiger partial charge < -0.3 is 4.90 Å². The molecule has 0 aromatic heterocycles. The van der Waals surface area contributed by atoms with Crippen molar-refractivity contribution in [3.63, 3.8) is 0 Å². The molecule has 26 heavy (non-hydrogen) atoms. The van der Waals surface area contributed by atoms with Crippen molar-refractivity contribution in [2.75, 3.05) is 12.3 Å². The molecule has 2 fully saturated rings. The Bertz CT molecular complexity index is 808.